The molecule has 1 unspecified atom stereocenters. The molecule has 0 aromatic carbocycles. The molecule has 100 valence electrons. The van der Waals surface area contributed by atoms with E-state index in [0.717, 1.165) is 30.2 Å². The highest BCUT2D eigenvalue weighted by atomic mass is 32.1. The lowest BCUT2D eigenvalue weighted by molar-refractivity contribution is -0.121. The highest BCUT2D eigenvalue weighted by molar-refractivity contribution is 7.09. The molecule has 5 heteroatoms. The Kier molecular flexibility index (Phi) is 4.02. The number of hydrogen-bond donors (Lipinski definition) is 2. The summed E-state index contributed by atoms with van der Waals surface area (Å²) >= 11 is 1.64. The van der Waals surface area contributed by atoms with Crippen LogP contribution in [0.3, 0.4) is 0 Å². The van der Waals surface area contributed by atoms with Gasteiger partial charge in [0.05, 0.1) is 17.1 Å². The van der Waals surface area contributed by atoms with E-state index in [1.54, 1.807) is 11.3 Å². The number of nitrogens with one attached hydrogen (secondary N) is 2. The number of carbonyl (C=O) groups excluding carboxylic acids is 1. The molecule has 18 heavy (non-hydrogen) atoms. The van der Waals surface area contributed by atoms with Crippen molar-refractivity contribution >= 4 is 17.2 Å². The number of hydrogen-bond acceptors (Lipinski definition) is 4. The average Bonchev–Trinajstić information content (AvgIpc) is 2.87. The van der Waals surface area contributed by atoms with Crippen molar-refractivity contribution in [3.05, 3.63) is 16.1 Å². The van der Waals surface area contributed by atoms with E-state index in [1.165, 1.54) is 0 Å². The molecule has 0 spiro atoms. The van der Waals surface area contributed by atoms with Crippen LogP contribution in [0.5, 0.6) is 0 Å². The maximum absolute atomic E-state index is 11.9. The molecule has 2 rings (SSSR count). The summed E-state index contributed by atoms with van der Waals surface area (Å²) in [6.07, 6.45) is 1.42. The molecule has 4 nitrogen and oxygen atoms in total. The Morgan fingerprint density at radius 1 is 1.61 bits per heavy atom. The van der Waals surface area contributed by atoms with Gasteiger partial charge in [-0.25, -0.2) is 4.98 Å². The van der Waals surface area contributed by atoms with Gasteiger partial charge in [-0.05, 0) is 13.0 Å². The summed E-state index contributed by atoms with van der Waals surface area (Å²) in [4.78, 5) is 16.4. The molecule has 1 aliphatic rings. The van der Waals surface area contributed by atoms with Crippen molar-refractivity contribution in [2.75, 3.05) is 13.1 Å². The van der Waals surface area contributed by atoms with Gasteiger partial charge in [0.2, 0.25) is 5.91 Å². The van der Waals surface area contributed by atoms with Gasteiger partial charge in [-0.3, -0.25) is 4.79 Å². The summed E-state index contributed by atoms with van der Waals surface area (Å²) in [5.74, 6) is 0.0782. The summed E-state index contributed by atoms with van der Waals surface area (Å²) < 4.78 is 0. The largest absolute Gasteiger partial charge is 0.352 e. The van der Waals surface area contributed by atoms with Gasteiger partial charge in [-0.2, -0.15) is 0 Å². The molecule has 2 N–H and O–H groups in total. The van der Waals surface area contributed by atoms with Gasteiger partial charge in [0, 0.05) is 23.4 Å². The molecule has 0 aliphatic carbocycles. The minimum Gasteiger partial charge on any atom is -0.352 e. The molecular formula is C13H21N3OS. The van der Waals surface area contributed by atoms with Crippen LogP contribution in [0.25, 0.3) is 0 Å². The van der Waals surface area contributed by atoms with Crippen molar-refractivity contribution in [1.29, 1.82) is 0 Å². The van der Waals surface area contributed by atoms with Crippen LogP contribution >= 0.6 is 11.3 Å². The third-order valence-corrected chi connectivity index (χ3v) is 4.28. The summed E-state index contributed by atoms with van der Waals surface area (Å²) in [6.45, 7) is 8.30. The van der Waals surface area contributed by atoms with Crippen molar-refractivity contribution in [2.45, 2.75) is 45.1 Å². The number of thiazole rings is 1. The third-order valence-electron chi connectivity index (χ3n) is 2.96. The monoisotopic (exact) mass is 267 g/mol. The lowest BCUT2D eigenvalue weighted by Gasteiger charge is -2.13. The van der Waals surface area contributed by atoms with E-state index in [0.29, 0.717) is 12.5 Å². The van der Waals surface area contributed by atoms with Crippen LogP contribution in [-0.2, 0) is 16.6 Å². The second kappa shape index (κ2) is 5.36. The Labute approximate surface area is 112 Å². The second-order valence-corrected chi connectivity index (χ2v) is 6.69. The van der Waals surface area contributed by atoms with Gasteiger partial charge in [0.25, 0.3) is 0 Å². The van der Waals surface area contributed by atoms with E-state index in [1.807, 2.05) is 5.38 Å². The van der Waals surface area contributed by atoms with Gasteiger partial charge < -0.3 is 10.6 Å². The smallest absolute Gasteiger partial charge is 0.226 e. The van der Waals surface area contributed by atoms with Gasteiger partial charge in [0.15, 0.2) is 0 Å². The normalized spacial score (nSPS) is 20.1. The highest BCUT2D eigenvalue weighted by Crippen LogP contribution is 2.25. The first-order chi connectivity index (χ1) is 8.45. The summed E-state index contributed by atoms with van der Waals surface area (Å²) in [5, 5.41) is 9.36. The fourth-order valence-corrected chi connectivity index (χ4v) is 2.86. The highest BCUT2D eigenvalue weighted by Gasteiger charge is 2.20. The van der Waals surface area contributed by atoms with Crippen LogP contribution in [-0.4, -0.2) is 30.0 Å². The number of nitrogens with zero attached hydrogens (tertiary/aromatic N) is 1. The first-order valence-electron chi connectivity index (χ1n) is 6.40. The number of carbonyl (C=O) groups is 1. The van der Waals surface area contributed by atoms with Crippen LogP contribution in [0.15, 0.2) is 5.38 Å². The molecule has 1 saturated heterocycles. The van der Waals surface area contributed by atoms with Crippen molar-refractivity contribution in [1.82, 2.24) is 15.6 Å². The van der Waals surface area contributed by atoms with Gasteiger partial charge in [0.1, 0.15) is 0 Å². The molecule has 0 saturated carbocycles. The molecule has 1 atom stereocenters. The van der Waals surface area contributed by atoms with Gasteiger partial charge >= 0.3 is 0 Å². The summed E-state index contributed by atoms with van der Waals surface area (Å²) in [7, 11) is 0. The Balaban J connectivity index is 1.88. The lowest BCUT2D eigenvalue weighted by atomic mass is 9.98. The minimum absolute atomic E-state index is 0.0643. The first kappa shape index (κ1) is 13.5. The van der Waals surface area contributed by atoms with Crippen LogP contribution in [0, 0.1) is 0 Å². The molecule has 0 bridgehead atoms. The van der Waals surface area contributed by atoms with Crippen molar-refractivity contribution in [3.63, 3.8) is 0 Å². The van der Waals surface area contributed by atoms with Crippen LogP contribution in [0.1, 0.15) is 37.9 Å². The standard InChI is InChI=1S/C13H21N3OS/c1-13(2,3)12-16-10(8-18-12)6-11(17)15-9-4-5-14-7-9/h8-9,14H,4-7H2,1-3H3,(H,15,17). The third kappa shape index (κ3) is 3.53. The molecule has 1 aliphatic heterocycles. The lowest BCUT2D eigenvalue weighted by Crippen LogP contribution is -2.37. The summed E-state index contributed by atoms with van der Waals surface area (Å²) in [6, 6.07) is 0.290. The molecule has 0 radical (unpaired) electrons. The van der Waals surface area contributed by atoms with Crippen LogP contribution in [0.4, 0.5) is 0 Å². The zero-order chi connectivity index (χ0) is 13.2. The van der Waals surface area contributed by atoms with Crippen LogP contribution < -0.4 is 10.6 Å². The predicted octanol–water partition coefficient (Wildman–Crippen LogP) is 1.46. The Bertz CT molecular complexity index is 416. The van der Waals surface area contributed by atoms with E-state index < -0.39 is 0 Å². The van der Waals surface area contributed by atoms with Crippen molar-refractivity contribution in [2.24, 2.45) is 0 Å². The van der Waals surface area contributed by atoms with E-state index in [9.17, 15) is 4.79 Å². The molecule has 1 fully saturated rings. The second-order valence-electron chi connectivity index (χ2n) is 5.83. The Hall–Kier alpha value is -0.940. The number of rotatable bonds is 3. The maximum atomic E-state index is 11.9. The molecule has 2 heterocycles. The molecule has 1 aromatic heterocycles. The summed E-state index contributed by atoms with van der Waals surface area (Å²) in [5.41, 5.74) is 0.947. The zero-order valence-corrected chi connectivity index (χ0v) is 12.1. The predicted molar refractivity (Wildman–Crippen MR) is 73.9 cm³/mol. The Morgan fingerprint density at radius 3 is 2.94 bits per heavy atom. The van der Waals surface area contributed by atoms with Gasteiger partial charge in [-0.1, -0.05) is 20.8 Å². The fraction of sp³-hybridized carbons (Fsp3) is 0.692. The first-order valence-corrected chi connectivity index (χ1v) is 7.28. The fourth-order valence-electron chi connectivity index (χ4n) is 1.95. The van der Waals surface area contributed by atoms with Crippen LogP contribution in [0.2, 0.25) is 0 Å². The average molecular weight is 267 g/mol. The molecule has 1 aromatic rings. The maximum Gasteiger partial charge on any atom is 0.226 e. The van der Waals surface area contributed by atoms with E-state index in [-0.39, 0.29) is 11.3 Å². The zero-order valence-electron chi connectivity index (χ0n) is 11.2. The molecule has 1 amide bonds. The van der Waals surface area contributed by atoms with Gasteiger partial charge in [-0.15, -0.1) is 11.3 Å². The van der Waals surface area contributed by atoms with Crippen molar-refractivity contribution in [3.8, 4) is 0 Å². The van der Waals surface area contributed by atoms with E-state index in [4.69, 9.17) is 0 Å². The van der Waals surface area contributed by atoms with E-state index in [2.05, 4.69) is 36.4 Å². The molecular weight excluding hydrogens is 246 g/mol. The Morgan fingerprint density at radius 2 is 2.39 bits per heavy atom. The topological polar surface area (TPSA) is 54.0 Å². The van der Waals surface area contributed by atoms with E-state index >= 15 is 0 Å². The number of amides is 1. The SMILES string of the molecule is CC(C)(C)c1nc(CC(=O)NC2CCNC2)cs1. The minimum atomic E-state index is 0.0643. The van der Waals surface area contributed by atoms with Crippen molar-refractivity contribution < 1.29 is 4.79 Å². The quantitative estimate of drug-likeness (QED) is 0.872. The number of aromatic nitrogens is 1.